The second-order valence-electron chi connectivity index (χ2n) is 4.69. The van der Waals surface area contributed by atoms with Crippen LogP contribution < -0.4 is 5.32 Å². The summed E-state index contributed by atoms with van der Waals surface area (Å²) in [5.41, 5.74) is 0. The maximum absolute atomic E-state index is 12.2. The Hall–Kier alpha value is -0.420. The number of nitrogens with zero attached hydrogens (tertiary/aromatic N) is 1. The van der Waals surface area contributed by atoms with Gasteiger partial charge in [-0.3, -0.25) is 4.79 Å². The molecule has 1 fully saturated rings. The lowest BCUT2D eigenvalue weighted by molar-refractivity contribution is -0.129. The number of carbonyl (C=O) groups excluding carboxylic acids is 1. The summed E-state index contributed by atoms with van der Waals surface area (Å²) >= 11 is 7.60. The van der Waals surface area contributed by atoms with Gasteiger partial charge in [-0.1, -0.05) is 23.7 Å². The molecule has 1 aliphatic heterocycles. The van der Waals surface area contributed by atoms with E-state index in [-0.39, 0.29) is 18.3 Å². The summed E-state index contributed by atoms with van der Waals surface area (Å²) in [5.74, 6) is 0.657. The summed E-state index contributed by atoms with van der Waals surface area (Å²) in [5, 5.41) is 3.96. The maximum atomic E-state index is 12.2. The molecule has 20 heavy (non-hydrogen) atoms. The molecular weight excluding hydrogens is 315 g/mol. The number of thioether (sulfide) groups is 1. The van der Waals surface area contributed by atoms with E-state index in [2.05, 4.69) is 5.32 Å². The Morgan fingerprint density at radius 3 is 2.95 bits per heavy atom. The number of likely N-dealkylation sites (tertiary alicyclic amines) is 1. The molecule has 1 aromatic rings. The number of likely N-dealkylation sites (N-methyl/N-ethyl adjacent to an activating group) is 1. The number of hydrogen-bond acceptors (Lipinski definition) is 3. The smallest absolute Gasteiger partial charge is 0.232 e. The van der Waals surface area contributed by atoms with Crippen molar-refractivity contribution in [2.24, 2.45) is 0 Å². The lowest BCUT2D eigenvalue weighted by Gasteiger charge is -2.32. The van der Waals surface area contributed by atoms with Gasteiger partial charge < -0.3 is 10.2 Å². The van der Waals surface area contributed by atoms with Crippen molar-refractivity contribution < 1.29 is 4.79 Å². The number of nitrogens with one attached hydrogen (secondary N) is 1. The molecule has 1 aromatic carbocycles. The minimum Gasteiger partial charge on any atom is -0.340 e. The van der Waals surface area contributed by atoms with Gasteiger partial charge in [0.2, 0.25) is 5.91 Å². The predicted octanol–water partition coefficient (Wildman–Crippen LogP) is 3.06. The third kappa shape index (κ3) is 4.85. The van der Waals surface area contributed by atoms with Crippen LogP contribution in [-0.2, 0) is 4.79 Å². The van der Waals surface area contributed by atoms with Crippen LogP contribution in [0.25, 0.3) is 0 Å². The number of hydrogen-bond donors (Lipinski definition) is 1. The standard InChI is InChI=1S/C14H19ClN2OS.ClH/c1-16-11-5-4-8-17(9-11)14(18)10-19-13-7-3-2-6-12(13)15;/h2-3,6-7,11,16H,4-5,8-10H2,1H3;1H. The molecule has 0 aliphatic carbocycles. The van der Waals surface area contributed by atoms with Crippen LogP contribution in [0.3, 0.4) is 0 Å². The van der Waals surface area contributed by atoms with Crippen molar-refractivity contribution in [2.45, 2.75) is 23.8 Å². The van der Waals surface area contributed by atoms with Crippen molar-refractivity contribution in [3.05, 3.63) is 29.3 Å². The van der Waals surface area contributed by atoms with Crippen molar-refractivity contribution >= 4 is 41.7 Å². The van der Waals surface area contributed by atoms with Crippen LogP contribution in [0, 0.1) is 0 Å². The number of carbonyl (C=O) groups is 1. The fourth-order valence-corrected chi connectivity index (χ4v) is 3.37. The molecule has 0 spiro atoms. The molecule has 1 N–H and O–H groups in total. The SMILES string of the molecule is CNC1CCCN(C(=O)CSc2ccccc2Cl)C1.Cl. The Bertz CT molecular complexity index is 445. The van der Waals surface area contributed by atoms with E-state index in [1.54, 1.807) is 0 Å². The lowest BCUT2D eigenvalue weighted by atomic mass is 10.1. The molecule has 1 heterocycles. The van der Waals surface area contributed by atoms with Crippen LogP contribution in [0.4, 0.5) is 0 Å². The van der Waals surface area contributed by atoms with E-state index in [4.69, 9.17) is 11.6 Å². The summed E-state index contributed by atoms with van der Waals surface area (Å²) < 4.78 is 0. The molecule has 2 rings (SSSR count). The van der Waals surface area contributed by atoms with E-state index in [0.717, 1.165) is 30.8 Å². The number of rotatable bonds is 4. The van der Waals surface area contributed by atoms with E-state index in [1.165, 1.54) is 11.8 Å². The molecule has 6 heteroatoms. The molecule has 1 amide bonds. The molecule has 0 aromatic heterocycles. The highest BCUT2D eigenvalue weighted by Gasteiger charge is 2.22. The highest BCUT2D eigenvalue weighted by molar-refractivity contribution is 8.00. The molecule has 0 bridgehead atoms. The van der Waals surface area contributed by atoms with E-state index >= 15 is 0 Å². The topological polar surface area (TPSA) is 32.3 Å². The van der Waals surface area contributed by atoms with Crippen molar-refractivity contribution in [2.75, 3.05) is 25.9 Å². The van der Waals surface area contributed by atoms with Gasteiger partial charge in [-0.05, 0) is 32.0 Å². The minimum absolute atomic E-state index is 0. The van der Waals surface area contributed by atoms with Crippen LogP contribution in [0.2, 0.25) is 5.02 Å². The zero-order valence-corrected chi connectivity index (χ0v) is 13.9. The molecule has 3 nitrogen and oxygen atoms in total. The first-order valence-electron chi connectivity index (χ1n) is 6.53. The lowest BCUT2D eigenvalue weighted by Crippen LogP contribution is -2.47. The van der Waals surface area contributed by atoms with Gasteiger partial charge in [0.1, 0.15) is 0 Å². The zero-order chi connectivity index (χ0) is 13.7. The molecule has 1 unspecified atom stereocenters. The van der Waals surface area contributed by atoms with Crippen LogP contribution in [0.15, 0.2) is 29.2 Å². The van der Waals surface area contributed by atoms with Crippen LogP contribution in [0.5, 0.6) is 0 Å². The zero-order valence-electron chi connectivity index (χ0n) is 11.5. The van der Waals surface area contributed by atoms with Gasteiger partial charge in [-0.15, -0.1) is 24.2 Å². The van der Waals surface area contributed by atoms with Gasteiger partial charge in [0.25, 0.3) is 0 Å². The molecule has 1 atom stereocenters. The normalized spacial score (nSPS) is 18.5. The summed E-state index contributed by atoms with van der Waals surface area (Å²) in [7, 11) is 1.96. The first kappa shape index (κ1) is 17.6. The predicted molar refractivity (Wildman–Crippen MR) is 88.1 cm³/mol. The first-order chi connectivity index (χ1) is 9.20. The van der Waals surface area contributed by atoms with Crippen LogP contribution in [0.1, 0.15) is 12.8 Å². The summed E-state index contributed by atoms with van der Waals surface area (Å²) in [6.45, 7) is 1.69. The Balaban J connectivity index is 0.00000200. The molecule has 1 aliphatic rings. The number of halogens is 2. The van der Waals surface area contributed by atoms with Crippen LogP contribution in [-0.4, -0.2) is 42.7 Å². The fraction of sp³-hybridized carbons (Fsp3) is 0.500. The van der Waals surface area contributed by atoms with Crippen molar-refractivity contribution in [3.63, 3.8) is 0 Å². The number of benzene rings is 1. The maximum Gasteiger partial charge on any atom is 0.232 e. The molecule has 0 radical (unpaired) electrons. The summed E-state index contributed by atoms with van der Waals surface area (Å²) in [6.07, 6.45) is 2.23. The summed E-state index contributed by atoms with van der Waals surface area (Å²) in [4.78, 5) is 15.1. The number of amides is 1. The Labute approximate surface area is 135 Å². The monoisotopic (exact) mass is 334 g/mol. The quantitative estimate of drug-likeness (QED) is 0.859. The summed E-state index contributed by atoms with van der Waals surface area (Å²) in [6, 6.07) is 8.08. The van der Waals surface area contributed by atoms with Crippen molar-refractivity contribution in [3.8, 4) is 0 Å². The molecule has 0 saturated carbocycles. The van der Waals surface area contributed by atoms with Crippen molar-refractivity contribution in [1.82, 2.24) is 10.2 Å². The Morgan fingerprint density at radius 1 is 1.50 bits per heavy atom. The van der Waals surface area contributed by atoms with E-state index in [9.17, 15) is 4.79 Å². The fourth-order valence-electron chi connectivity index (χ4n) is 2.23. The Morgan fingerprint density at radius 2 is 2.25 bits per heavy atom. The van der Waals surface area contributed by atoms with E-state index in [1.807, 2.05) is 36.2 Å². The van der Waals surface area contributed by atoms with Gasteiger partial charge in [-0.25, -0.2) is 0 Å². The molecule has 112 valence electrons. The highest BCUT2D eigenvalue weighted by Crippen LogP contribution is 2.27. The van der Waals surface area contributed by atoms with Gasteiger partial charge in [0.15, 0.2) is 0 Å². The average Bonchev–Trinajstić information content (AvgIpc) is 2.46. The first-order valence-corrected chi connectivity index (χ1v) is 7.89. The van der Waals surface area contributed by atoms with Gasteiger partial charge >= 0.3 is 0 Å². The molecule has 1 saturated heterocycles. The second kappa shape index (κ2) is 8.78. The van der Waals surface area contributed by atoms with Gasteiger partial charge in [-0.2, -0.15) is 0 Å². The Kier molecular flexibility index (Phi) is 7.74. The van der Waals surface area contributed by atoms with E-state index in [0.29, 0.717) is 16.8 Å². The van der Waals surface area contributed by atoms with Crippen molar-refractivity contribution in [1.29, 1.82) is 0 Å². The third-order valence-corrected chi connectivity index (χ3v) is 4.87. The van der Waals surface area contributed by atoms with Crippen LogP contribution >= 0.6 is 35.8 Å². The minimum atomic E-state index is 0. The second-order valence-corrected chi connectivity index (χ2v) is 6.11. The van der Waals surface area contributed by atoms with Gasteiger partial charge in [0.05, 0.1) is 10.8 Å². The molecular formula is C14H20Cl2N2OS. The third-order valence-electron chi connectivity index (χ3n) is 3.37. The average molecular weight is 335 g/mol. The number of piperidine rings is 1. The largest absolute Gasteiger partial charge is 0.340 e. The van der Waals surface area contributed by atoms with Gasteiger partial charge in [0, 0.05) is 24.0 Å². The highest BCUT2D eigenvalue weighted by atomic mass is 35.5. The van der Waals surface area contributed by atoms with E-state index < -0.39 is 0 Å².